The van der Waals surface area contributed by atoms with E-state index in [0.29, 0.717) is 0 Å². The molecule has 0 bridgehead atoms. The van der Waals surface area contributed by atoms with E-state index >= 15 is 0 Å². The number of carbonyl (C=O) groups excluding carboxylic acids is 1. The summed E-state index contributed by atoms with van der Waals surface area (Å²) in [5, 5.41) is 1.71. The van der Waals surface area contributed by atoms with Gasteiger partial charge in [-0.1, -0.05) is 26.8 Å². The van der Waals surface area contributed by atoms with Crippen LogP contribution in [0, 0.1) is 5.41 Å². The Morgan fingerprint density at radius 2 is 2.11 bits per heavy atom. The first-order valence-electron chi connectivity index (χ1n) is 5.76. The van der Waals surface area contributed by atoms with Crippen LogP contribution in [0.3, 0.4) is 0 Å². The van der Waals surface area contributed by atoms with Crippen LogP contribution in [0.15, 0.2) is 26.7 Å². The Balaban J connectivity index is 2.95. The maximum Gasteiger partial charge on any atom is 0.252 e. The smallest absolute Gasteiger partial charge is 0.211 e. The van der Waals surface area contributed by atoms with Crippen molar-refractivity contribution in [3.05, 3.63) is 17.5 Å². The highest BCUT2D eigenvalue weighted by Crippen LogP contribution is 2.26. The number of nitrogens with zero attached hydrogens (tertiary/aromatic N) is 2. The summed E-state index contributed by atoms with van der Waals surface area (Å²) in [7, 11) is -2.01. The van der Waals surface area contributed by atoms with Crippen LogP contribution in [-0.2, 0) is 14.8 Å². The number of hydrogen-bond donors (Lipinski definition) is 0. The summed E-state index contributed by atoms with van der Waals surface area (Å²) < 4.78 is 26.0. The zero-order chi connectivity index (χ0) is 14.7. The van der Waals surface area contributed by atoms with E-state index in [0.717, 1.165) is 0 Å². The third-order valence-electron chi connectivity index (χ3n) is 2.80. The molecule has 0 unspecified atom stereocenters. The fourth-order valence-corrected chi connectivity index (χ4v) is 3.86. The molecule has 0 spiro atoms. The van der Waals surface area contributed by atoms with Gasteiger partial charge < -0.3 is 0 Å². The first-order chi connectivity index (χ1) is 8.69. The van der Waals surface area contributed by atoms with Crippen molar-refractivity contribution in [2.24, 2.45) is 10.4 Å². The minimum atomic E-state index is -3.51. The van der Waals surface area contributed by atoms with Gasteiger partial charge in [0.2, 0.25) is 6.08 Å². The summed E-state index contributed by atoms with van der Waals surface area (Å²) in [6.45, 7) is 5.87. The number of likely N-dealkylation sites (N-methyl/N-ethyl adjacent to an activating group) is 1. The molecule has 0 N–H and O–H groups in total. The van der Waals surface area contributed by atoms with E-state index in [9.17, 15) is 13.2 Å². The number of aliphatic imine (C=N–C) groups is 1. The Hall–Kier alpha value is -1.01. The third kappa shape index (κ3) is 3.98. The van der Waals surface area contributed by atoms with Gasteiger partial charge in [-0.15, -0.1) is 11.3 Å². The second-order valence-electron chi connectivity index (χ2n) is 5.32. The van der Waals surface area contributed by atoms with Crippen molar-refractivity contribution in [1.82, 2.24) is 4.31 Å². The van der Waals surface area contributed by atoms with Crippen LogP contribution in [0.4, 0.5) is 0 Å². The van der Waals surface area contributed by atoms with E-state index in [4.69, 9.17) is 0 Å². The van der Waals surface area contributed by atoms with Crippen molar-refractivity contribution in [3.8, 4) is 0 Å². The SMILES string of the molecule is CN(C[C@@H](N=C=O)C(C)(C)C)S(=O)(=O)c1cccs1. The third-order valence-corrected chi connectivity index (χ3v) is 5.99. The van der Waals surface area contributed by atoms with Gasteiger partial charge >= 0.3 is 0 Å². The minimum Gasteiger partial charge on any atom is -0.211 e. The Bertz CT molecular complexity index is 552. The summed E-state index contributed by atoms with van der Waals surface area (Å²) in [5.41, 5.74) is -0.309. The maximum atomic E-state index is 12.3. The van der Waals surface area contributed by atoms with Gasteiger partial charge in [-0.2, -0.15) is 4.31 Å². The summed E-state index contributed by atoms with van der Waals surface area (Å²) in [5.74, 6) is 0. The maximum absolute atomic E-state index is 12.3. The number of thiophene rings is 1. The van der Waals surface area contributed by atoms with E-state index in [1.54, 1.807) is 17.5 Å². The van der Waals surface area contributed by atoms with Gasteiger partial charge in [0.05, 0.1) is 6.04 Å². The highest BCUT2D eigenvalue weighted by Gasteiger charge is 2.30. The highest BCUT2D eigenvalue weighted by atomic mass is 32.2. The van der Waals surface area contributed by atoms with E-state index in [1.807, 2.05) is 20.8 Å². The van der Waals surface area contributed by atoms with E-state index in [2.05, 4.69) is 4.99 Å². The first-order valence-corrected chi connectivity index (χ1v) is 8.08. The van der Waals surface area contributed by atoms with Gasteiger partial charge in [0.1, 0.15) is 4.21 Å². The normalized spacial score (nSPS) is 14.2. The molecule has 0 amide bonds. The van der Waals surface area contributed by atoms with Crippen LogP contribution in [0.1, 0.15) is 20.8 Å². The number of hydrogen-bond acceptors (Lipinski definition) is 5. The van der Waals surface area contributed by atoms with Crippen LogP contribution in [0.2, 0.25) is 0 Å². The van der Waals surface area contributed by atoms with E-state index in [1.165, 1.54) is 28.8 Å². The largest absolute Gasteiger partial charge is 0.252 e. The molecule has 0 aliphatic rings. The van der Waals surface area contributed by atoms with E-state index in [-0.39, 0.29) is 16.2 Å². The molecule has 106 valence electrons. The first kappa shape index (κ1) is 16.0. The molecule has 0 fully saturated rings. The fraction of sp³-hybridized carbons (Fsp3) is 0.583. The molecule has 1 rings (SSSR count). The zero-order valence-corrected chi connectivity index (χ0v) is 13.1. The predicted molar refractivity (Wildman–Crippen MR) is 75.5 cm³/mol. The van der Waals surface area contributed by atoms with Gasteiger partial charge in [0.25, 0.3) is 10.0 Å². The lowest BCUT2D eigenvalue weighted by Crippen LogP contribution is -2.39. The molecular formula is C12H18N2O3S2. The monoisotopic (exact) mass is 302 g/mol. The molecular weight excluding hydrogens is 284 g/mol. The van der Waals surface area contributed by atoms with Crippen molar-refractivity contribution in [3.63, 3.8) is 0 Å². The molecule has 0 aliphatic carbocycles. The fourth-order valence-electron chi connectivity index (χ4n) is 1.48. The average Bonchev–Trinajstić information content (AvgIpc) is 2.80. The molecule has 1 atom stereocenters. The Kier molecular flexibility index (Phi) is 5.04. The lowest BCUT2D eigenvalue weighted by Gasteiger charge is -2.29. The Morgan fingerprint density at radius 1 is 1.47 bits per heavy atom. The predicted octanol–water partition coefficient (Wildman–Crippen LogP) is 2.12. The van der Waals surface area contributed by atoms with Gasteiger partial charge in [-0.3, -0.25) is 0 Å². The molecule has 0 saturated heterocycles. The van der Waals surface area contributed by atoms with Crippen molar-refractivity contribution >= 4 is 27.4 Å². The second-order valence-corrected chi connectivity index (χ2v) is 8.54. The summed E-state index contributed by atoms with van der Waals surface area (Å²) in [6, 6.07) is 2.83. The van der Waals surface area contributed by atoms with E-state index < -0.39 is 16.1 Å². The summed E-state index contributed by atoms with van der Waals surface area (Å²) in [4.78, 5) is 14.2. The number of sulfonamides is 1. The molecule has 1 aromatic rings. The van der Waals surface area contributed by atoms with Crippen molar-refractivity contribution in [1.29, 1.82) is 0 Å². The van der Waals surface area contributed by atoms with Gasteiger partial charge in [0.15, 0.2) is 0 Å². The van der Waals surface area contributed by atoms with Crippen molar-refractivity contribution < 1.29 is 13.2 Å². The lowest BCUT2D eigenvalue weighted by atomic mass is 9.87. The molecule has 19 heavy (non-hydrogen) atoms. The second kappa shape index (κ2) is 5.96. The van der Waals surface area contributed by atoms with Crippen LogP contribution in [0.25, 0.3) is 0 Å². The summed E-state index contributed by atoms with van der Waals surface area (Å²) >= 11 is 1.17. The Morgan fingerprint density at radius 3 is 2.53 bits per heavy atom. The van der Waals surface area contributed by atoms with Gasteiger partial charge in [-0.05, 0) is 16.9 Å². The topological polar surface area (TPSA) is 66.8 Å². The molecule has 1 aromatic heterocycles. The van der Waals surface area contributed by atoms with Crippen LogP contribution in [0.5, 0.6) is 0 Å². The van der Waals surface area contributed by atoms with Gasteiger partial charge in [-0.25, -0.2) is 18.2 Å². The van der Waals surface area contributed by atoms with Crippen LogP contribution in [-0.4, -0.2) is 38.4 Å². The molecule has 0 saturated carbocycles. The molecule has 0 aromatic carbocycles. The zero-order valence-electron chi connectivity index (χ0n) is 11.5. The van der Waals surface area contributed by atoms with Crippen molar-refractivity contribution in [2.45, 2.75) is 31.0 Å². The average molecular weight is 302 g/mol. The van der Waals surface area contributed by atoms with Crippen LogP contribution >= 0.6 is 11.3 Å². The number of isocyanates is 1. The highest BCUT2D eigenvalue weighted by molar-refractivity contribution is 7.91. The van der Waals surface area contributed by atoms with Crippen molar-refractivity contribution in [2.75, 3.05) is 13.6 Å². The number of rotatable bonds is 5. The molecule has 7 heteroatoms. The molecule has 0 radical (unpaired) electrons. The standard InChI is InChI=1S/C12H18N2O3S2/c1-12(2,3)10(13-9-15)8-14(4)19(16,17)11-6-5-7-18-11/h5-7,10H,8H2,1-4H3/t10-/m1/s1. The Labute approximate surface area is 118 Å². The minimum absolute atomic E-state index is 0.152. The summed E-state index contributed by atoms with van der Waals surface area (Å²) in [6.07, 6.45) is 1.52. The molecule has 1 heterocycles. The van der Waals surface area contributed by atoms with Crippen LogP contribution < -0.4 is 0 Å². The van der Waals surface area contributed by atoms with Gasteiger partial charge in [0, 0.05) is 13.6 Å². The molecule has 0 aliphatic heterocycles. The lowest BCUT2D eigenvalue weighted by molar-refractivity contribution is 0.281. The quantitative estimate of drug-likeness (QED) is 0.618. The molecule has 5 nitrogen and oxygen atoms in total.